The summed E-state index contributed by atoms with van der Waals surface area (Å²) in [7, 11) is 0. The molecule has 2 aromatic heterocycles. The zero-order valence-electron chi connectivity index (χ0n) is 18.8. The second-order valence-corrected chi connectivity index (χ2v) is 8.26. The van der Waals surface area contributed by atoms with Crippen molar-refractivity contribution in [1.82, 2.24) is 19.3 Å². The van der Waals surface area contributed by atoms with Crippen molar-refractivity contribution in [3.05, 3.63) is 61.1 Å². The van der Waals surface area contributed by atoms with E-state index >= 15 is 0 Å². The van der Waals surface area contributed by atoms with E-state index in [2.05, 4.69) is 16.5 Å². The number of aromatic nitrogens is 3. The topological polar surface area (TPSA) is 69.0 Å². The van der Waals surface area contributed by atoms with Gasteiger partial charge in [0.05, 0.1) is 11.7 Å². The summed E-state index contributed by atoms with van der Waals surface area (Å²) >= 11 is 0. The first kappa shape index (κ1) is 22.3. The molecule has 164 valence electrons. The molecule has 0 bridgehead atoms. The highest BCUT2D eigenvalue weighted by atomic mass is 16.6. The summed E-state index contributed by atoms with van der Waals surface area (Å²) in [5, 5.41) is 0. The lowest BCUT2D eigenvalue weighted by Crippen LogP contribution is -2.38. The lowest BCUT2D eigenvalue weighted by molar-refractivity contribution is 0.0186. The van der Waals surface area contributed by atoms with Crippen LogP contribution in [-0.4, -0.2) is 44.1 Å². The number of nitrogens with zero attached hydrogens (tertiary/aromatic N) is 4. The van der Waals surface area contributed by atoms with Gasteiger partial charge in [-0.1, -0.05) is 30.9 Å². The Morgan fingerprint density at radius 2 is 2.13 bits per heavy atom. The smallest absolute Gasteiger partial charge is 0.410 e. The predicted molar refractivity (Wildman–Crippen MR) is 121 cm³/mol. The molecule has 7 nitrogen and oxygen atoms in total. The highest BCUT2D eigenvalue weighted by molar-refractivity contribution is 5.69. The summed E-state index contributed by atoms with van der Waals surface area (Å²) in [4.78, 5) is 23.4. The first-order valence-electron chi connectivity index (χ1n) is 10.4. The number of hydrogen-bond donors (Lipinski definition) is 0. The molecule has 3 rings (SSSR count). The molecular weight excluding hydrogens is 392 g/mol. The van der Waals surface area contributed by atoms with Crippen LogP contribution >= 0.6 is 0 Å². The molecular formula is C24H30N4O3. The maximum atomic E-state index is 12.7. The van der Waals surface area contributed by atoms with E-state index in [-0.39, 0.29) is 12.1 Å². The molecule has 0 spiro atoms. The van der Waals surface area contributed by atoms with Crippen molar-refractivity contribution in [2.45, 2.75) is 46.3 Å². The van der Waals surface area contributed by atoms with Crippen LogP contribution in [0.4, 0.5) is 4.79 Å². The number of rotatable bonds is 7. The summed E-state index contributed by atoms with van der Waals surface area (Å²) in [6.45, 7) is 14.1. The Kier molecular flexibility index (Phi) is 6.63. The van der Waals surface area contributed by atoms with Crippen molar-refractivity contribution in [2.75, 3.05) is 13.2 Å². The molecule has 0 unspecified atom stereocenters. The van der Waals surface area contributed by atoms with Gasteiger partial charge in [0, 0.05) is 30.7 Å². The van der Waals surface area contributed by atoms with E-state index in [4.69, 9.17) is 9.47 Å². The predicted octanol–water partition coefficient (Wildman–Crippen LogP) is 5.28. The Morgan fingerprint density at radius 1 is 1.35 bits per heavy atom. The fourth-order valence-electron chi connectivity index (χ4n) is 3.30. The van der Waals surface area contributed by atoms with Crippen LogP contribution in [0, 0.1) is 0 Å². The normalized spacial score (nSPS) is 12.4. The summed E-state index contributed by atoms with van der Waals surface area (Å²) in [6, 6.07) is 7.84. The van der Waals surface area contributed by atoms with E-state index in [0.29, 0.717) is 24.7 Å². The molecule has 1 atom stereocenters. The Hall–Kier alpha value is -3.35. The van der Waals surface area contributed by atoms with Crippen molar-refractivity contribution in [2.24, 2.45) is 0 Å². The fraction of sp³-hybridized carbons (Fsp3) is 0.375. The van der Waals surface area contributed by atoms with E-state index < -0.39 is 5.60 Å². The third kappa shape index (κ3) is 5.23. The first-order valence-corrected chi connectivity index (χ1v) is 10.4. The first-order chi connectivity index (χ1) is 14.7. The molecule has 31 heavy (non-hydrogen) atoms. The van der Waals surface area contributed by atoms with E-state index in [0.717, 1.165) is 16.8 Å². The molecule has 2 heterocycles. The van der Waals surface area contributed by atoms with Crippen molar-refractivity contribution >= 4 is 11.7 Å². The number of amides is 1. The quantitative estimate of drug-likeness (QED) is 0.485. The van der Waals surface area contributed by atoms with E-state index in [1.807, 2.05) is 75.7 Å². The number of benzene rings is 1. The van der Waals surface area contributed by atoms with Crippen LogP contribution in [-0.2, 0) is 4.74 Å². The molecule has 0 radical (unpaired) electrons. The van der Waals surface area contributed by atoms with Crippen LogP contribution in [0.25, 0.3) is 16.9 Å². The molecule has 0 aliphatic carbocycles. The average Bonchev–Trinajstić information content (AvgIpc) is 3.20. The Bertz CT molecular complexity index is 1070. The number of hydrogen-bond acceptors (Lipinski definition) is 5. The van der Waals surface area contributed by atoms with E-state index in [1.165, 1.54) is 0 Å². The Morgan fingerprint density at radius 3 is 2.81 bits per heavy atom. The Balaban J connectivity index is 1.94. The third-order valence-corrected chi connectivity index (χ3v) is 4.78. The van der Waals surface area contributed by atoms with Gasteiger partial charge in [0.25, 0.3) is 5.88 Å². The number of carbonyl (C=O) groups is 1. The van der Waals surface area contributed by atoms with E-state index in [1.54, 1.807) is 17.2 Å². The van der Waals surface area contributed by atoms with Gasteiger partial charge in [-0.25, -0.2) is 14.8 Å². The minimum atomic E-state index is -0.544. The van der Waals surface area contributed by atoms with Gasteiger partial charge in [-0.05, 0) is 46.2 Å². The van der Waals surface area contributed by atoms with Crippen LogP contribution in [0.5, 0.6) is 5.88 Å². The van der Waals surface area contributed by atoms with Crippen LogP contribution in [0.3, 0.4) is 0 Å². The fourth-order valence-corrected chi connectivity index (χ4v) is 3.30. The lowest BCUT2D eigenvalue weighted by atomic mass is 10.0. The van der Waals surface area contributed by atoms with Gasteiger partial charge in [0.1, 0.15) is 12.2 Å². The van der Waals surface area contributed by atoms with Gasteiger partial charge < -0.3 is 18.8 Å². The Labute approximate surface area is 183 Å². The largest absolute Gasteiger partial charge is 0.471 e. The monoisotopic (exact) mass is 422 g/mol. The van der Waals surface area contributed by atoms with Gasteiger partial charge >= 0.3 is 6.09 Å². The van der Waals surface area contributed by atoms with Crippen LogP contribution < -0.4 is 4.74 Å². The maximum Gasteiger partial charge on any atom is 0.410 e. The standard InChI is InChI=1S/C24H30N4O3/c1-7-14-30-22-21-25-12-13-27(21)16-20(26-22)19-11-9-10-18(15-19)17(3)28(8-2)23(29)31-24(4,5)6/h7,9-13,15-17H,1,8,14H2,2-6H3/t17-/m1/s1. The molecule has 0 N–H and O–H groups in total. The maximum absolute atomic E-state index is 12.7. The summed E-state index contributed by atoms with van der Waals surface area (Å²) in [5.41, 5.74) is 2.77. The molecule has 1 amide bonds. The molecule has 0 aliphatic rings. The van der Waals surface area contributed by atoms with Crippen LogP contribution in [0.2, 0.25) is 0 Å². The van der Waals surface area contributed by atoms with Crippen molar-refractivity contribution < 1.29 is 14.3 Å². The van der Waals surface area contributed by atoms with Crippen LogP contribution in [0.1, 0.15) is 46.2 Å². The SMILES string of the molecule is C=CCOc1nc(-c2cccc([C@@H](C)N(CC)C(=O)OC(C)(C)C)c2)cn2ccnc12. The summed E-state index contributed by atoms with van der Waals surface area (Å²) < 4.78 is 13.2. The van der Waals surface area contributed by atoms with E-state index in [9.17, 15) is 4.79 Å². The van der Waals surface area contributed by atoms with Crippen LogP contribution in [0.15, 0.2) is 55.5 Å². The molecule has 7 heteroatoms. The number of carbonyl (C=O) groups excluding carboxylic acids is 1. The van der Waals surface area contributed by atoms with Crippen molar-refractivity contribution in [1.29, 1.82) is 0 Å². The lowest BCUT2D eigenvalue weighted by Gasteiger charge is -2.31. The zero-order chi connectivity index (χ0) is 22.6. The van der Waals surface area contributed by atoms with Gasteiger partial charge in [0.2, 0.25) is 5.65 Å². The highest BCUT2D eigenvalue weighted by Crippen LogP contribution is 2.28. The molecule has 0 saturated heterocycles. The average molecular weight is 423 g/mol. The third-order valence-electron chi connectivity index (χ3n) is 4.78. The summed E-state index contributed by atoms with van der Waals surface area (Å²) in [6.07, 6.45) is 6.82. The zero-order valence-corrected chi connectivity index (χ0v) is 18.8. The number of imidazole rings is 1. The highest BCUT2D eigenvalue weighted by Gasteiger charge is 2.26. The summed E-state index contributed by atoms with van der Waals surface area (Å²) in [5.74, 6) is 0.449. The second-order valence-electron chi connectivity index (χ2n) is 8.26. The second kappa shape index (κ2) is 9.20. The number of ether oxygens (including phenoxy) is 2. The van der Waals surface area contributed by atoms with Crippen molar-refractivity contribution in [3.8, 4) is 17.1 Å². The minimum Gasteiger partial charge on any atom is -0.471 e. The molecule has 1 aromatic carbocycles. The molecule has 0 fully saturated rings. The van der Waals surface area contributed by atoms with Crippen molar-refractivity contribution in [3.63, 3.8) is 0 Å². The minimum absolute atomic E-state index is 0.159. The molecule has 0 saturated carbocycles. The van der Waals surface area contributed by atoms with Gasteiger partial charge in [-0.3, -0.25) is 0 Å². The van der Waals surface area contributed by atoms with Gasteiger partial charge in [-0.2, -0.15) is 0 Å². The molecule has 3 aromatic rings. The van der Waals surface area contributed by atoms with Gasteiger partial charge in [-0.15, -0.1) is 0 Å². The number of fused-ring (bicyclic) bond motifs is 1. The molecule has 0 aliphatic heterocycles. The van der Waals surface area contributed by atoms with Gasteiger partial charge in [0.15, 0.2) is 0 Å².